The van der Waals surface area contributed by atoms with Gasteiger partial charge in [0.25, 0.3) is 0 Å². The molecule has 3 nitrogen and oxygen atoms in total. The molecule has 2 rings (SSSR count). The third-order valence-corrected chi connectivity index (χ3v) is 3.18. The molecule has 1 aromatic rings. The number of benzene rings is 1. The number of aliphatic hydroxyl groups is 1. The summed E-state index contributed by atoms with van der Waals surface area (Å²) in [5.74, 6) is 0.113. The van der Waals surface area contributed by atoms with Crippen molar-refractivity contribution in [2.75, 3.05) is 19.8 Å². The summed E-state index contributed by atoms with van der Waals surface area (Å²) in [5, 5.41) is 9.20. The molecule has 1 aliphatic rings. The highest BCUT2D eigenvalue weighted by molar-refractivity contribution is 6.32. The molecule has 17 heavy (non-hydrogen) atoms. The summed E-state index contributed by atoms with van der Waals surface area (Å²) < 4.78 is 24.8. The molecule has 0 saturated heterocycles. The van der Waals surface area contributed by atoms with Gasteiger partial charge in [0, 0.05) is 11.0 Å². The summed E-state index contributed by atoms with van der Waals surface area (Å²) in [7, 11) is 0. The van der Waals surface area contributed by atoms with E-state index in [9.17, 15) is 9.50 Å². The van der Waals surface area contributed by atoms with Crippen LogP contribution in [0.15, 0.2) is 6.07 Å². The van der Waals surface area contributed by atoms with Crippen molar-refractivity contribution >= 4 is 11.6 Å². The van der Waals surface area contributed by atoms with Crippen LogP contribution in [0.25, 0.3) is 0 Å². The highest BCUT2D eigenvalue weighted by atomic mass is 35.5. The van der Waals surface area contributed by atoms with Crippen molar-refractivity contribution in [1.82, 2.24) is 0 Å². The molecule has 0 fully saturated rings. The van der Waals surface area contributed by atoms with Crippen molar-refractivity contribution in [3.8, 4) is 11.5 Å². The average molecular weight is 261 g/mol. The van der Waals surface area contributed by atoms with Gasteiger partial charge in [0.2, 0.25) is 0 Å². The van der Waals surface area contributed by atoms with E-state index in [2.05, 4.69) is 0 Å². The van der Waals surface area contributed by atoms with Crippen molar-refractivity contribution in [3.63, 3.8) is 0 Å². The van der Waals surface area contributed by atoms with Gasteiger partial charge in [0.15, 0.2) is 11.5 Å². The van der Waals surface area contributed by atoms with E-state index in [1.165, 1.54) is 0 Å². The maximum absolute atomic E-state index is 14.1. The molecule has 1 N–H and O–H groups in total. The lowest BCUT2D eigenvalue weighted by Gasteiger charge is -2.27. The zero-order valence-electron chi connectivity index (χ0n) is 9.72. The number of halogens is 2. The van der Waals surface area contributed by atoms with E-state index < -0.39 is 11.2 Å². The van der Waals surface area contributed by atoms with Gasteiger partial charge >= 0.3 is 0 Å². The van der Waals surface area contributed by atoms with Crippen molar-refractivity contribution in [2.45, 2.75) is 19.3 Å². The van der Waals surface area contributed by atoms with Crippen LogP contribution in [0.3, 0.4) is 0 Å². The third kappa shape index (κ3) is 2.07. The van der Waals surface area contributed by atoms with Gasteiger partial charge in [-0.25, -0.2) is 4.39 Å². The van der Waals surface area contributed by atoms with Crippen LogP contribution >= 0.6 is 11.6 Å². The zero-order chi connectivity index (χ0) is 12.6. The van der Waals surface area contributed by atoms with E-state index >= 15 is 0 Å². The SMILES string of the molecule is CC(C)(CO)c1cc2c(c(Cl)c1F)OCCO2. The first-order valence-corrected chi connectivity index (χ1v) is 5.74. The summed E-state index contributed by atoms with van der Waals surface area (Å²) >= 11 is 5.92. The fourth-order valence-electron chi connectivity index (χ4n) is 1.70. The van der Waals surface area contributed by atoms with Crippen molar-refractivity contribution in [1.29, 1.82) is 0 Å². The predicted octanol–water partition coefficient (Wildman–Crippen LogP) is 2.52. The van der Waals surface area contributed by atoms with Crippen LogP contribution in [-0.4, -0.2) is 24.9 Å². The van der Waals surface area contributed by atoms with Crippen LogP contribution in [0.5, 0.6) is 11.5 Å². The number of hydrogen-bond donors (Lipinski definition) is 1. The van der Waals surface area contributed by atoms with Crippen LogP contribution in [0, 0.1) is 5.82 Å². The summed E-state index contributed by atoms with van der Waals surface area (Å²) in [6.07, 6.45) is 0. The van der Waals surface area contributed by atoms with E-state index in [4.69, 9.17) is 21.1 Å². The van der Waals surface area contributed by atoms with Crippen molar-refractivity contribution in [3.05, 3.63) is 22.5 Å². The predicted molar refractivity (Wildman–Crippen MR) is 62.5 cm³/mol. The van der Waals surface area contributed by atoms with Crippen LogP contribution in [0.1, 0.15) is 19.4 Å². The lowest BCUT2D eigenvalue weighted by Crippen LogP contribution is -2.25. The van der Waals surface area contributed by atoms with Gasteiger partial charge < -0.3 is 14.6 Å². The van der Waals surface area contributed by atoms with E-state index in [1.54, 1.807) is 19.9 Å². The topological polar surface area (TPSA) is 38.7 Å². The number of hydrogen-bond acceptors (Lipinski definition) is 3. The summed E-state index contributed by atoms with van der Waals surface area (Å²) in [4.78, 5) is 0. The van der Waals surface area contributed by atoms with Gasteiger partial charge in [0.1, 0.15) is 24.1 Å². The molecule has 0 unspecified atom stereocenters. The van der Waals surface area contributed by atoms with E-state index in [-0.39, 0.29) is 17.4 Å². The van der Waals surface area contributed by atoms with Crippen LogP contribution in [0.4, 0.5) is 4.39 Å². The molecular formula is C12H14ClFO3. The molecule has 94 valence electrons. The maximum Gasteiger partial charge on any atom is 0.182 e. The molecule has 0 saturated carbocycles. The Morgan fingerprint density at radius 3 is 2.71 bits per heavy atom. The van der Waals surface area contributed by atoms with Crippen molar-refractivity contribution in [2.24, 2.45) is 0 Å². The van der Waals surface area contributed by atoms with E-state index in [0.717, 1.165) is 0 Å². The third-order valence-electron chi connectivity index (χ3n) is 2.84. The lowest BCUT2D eigenvalue weighted by molar-refractivity contribution is 0.168. The fraction of sp³-hybridized carbons (Fsp3) is 0.500. The Kier molecular flexibility index (Phi) is 3.19. The Balaban J connectivity index is 2.59. The van der Waals surface area contributed by atoms with Crippen molar-refractivity contribution < 1.29 is 19.0 Å². The highest BCUT2D eigenvalue weighted by Gasteiger charge is 2.30. The van der Waals surface area contributed by atoms with E-state index in [0.29, 0.717) is 24.5 Å². The summed E-state index contributed by atoms with van der Waals surface area (Å²) in [6, 6.07) is 1.55. The fourth-order valence-corrected chi connectivity index (χ4v) is 1.95. The lowest BCUT2D eigenvalue weighted by atomic mass is 9.85. The molecule has 0 aromatic heterocycles. The Labute approximate surface area is 104 Å². The highest BCUT2D eigenvalue weighted by Crippen LogP contribution is 2.43. The van der Waals surface area contributed by atoms with Gasteiger partial charge in [-0.3, -0.25) is 0 Å². The Morgan fingerprint density at radius 2 is 2.06 bits per heavy atom. The smallest absolute Gasteiger partial charge is 0.182 e. The standard InChI is InChI=1S/C12H14ClFO3/c1-12(2,6-15)7-5-8-11(9(13)10(7)14)17-4-3-16-8/h5,15H,3-4,6H2,1-2H3. The molecule has 1 heterocycles. The normalized spacial score (nSPS) is 14.9. The quantitative estimate of drug-likeness (QED) is 0.888. The number of fused-ring (bicyclic) bond motifs is 1. The summed E-state index contributed by atoms with van der Waals surface area (Å²) in [5.41, 5.74) is -0.391. The minimum atomic E-state index is -0.719. The second kappa shape index (κ2) is 4.35. The Bertz CT molecular complexity index is 446. The van der Waals surface area contributed by atoms with Gasteiger partial charge in [-0.15, -0.1) is 0 Å². The molecule has 5 heteroatoms. The number of aliphatic hydroxyl groups excluding tert-OH is 1. The zero-order valence-corrected chi connectivity index (χ0v) is 10.5. The second-order valence-electron chi connectivity index (χ2n) is 4.62. The minimum Gasteiger partial charge on any atom is -0.486 e. The van der Waals surface area contributed by atoms with Crippen LogP contribution in [-0.2, 0) is 5.41 Å². The molecule has 0 radical (unpaired) electrons. The number of ether oxygens (including phenoxy) is 2. The molecule has 1 aliphatic heterocycles. The first-order chi connectivity index (χ1) is 7.97. The molecule has 0 aliphatic carbocycles. The van der Waals surface area contributed by atoms with Crippen LogP contribution in [0.2, 0.25) is 5.02 Å². The second-order valence-corrected chi connectivity index (χ2v) is 5.00. The Morgan fingerprint density at radius 1 is 1.41 bits per heavy atom. The van der Waals surface area contributed by atoms with Crippen LogP contribution < -0.4 is 9.47 Å². The monoisotopic (exact) mass is 260 g/mol. The van der Waals surface area contributed by atoms with Gasteiger partial charge in [0.05, 0.1) is 6.61 Å². The van der Waals surface area contributed by atoms with Gasteiger partial charge in [-0.05, 0) is 6.07 Å². The molecule has 0 amide bonds. The molecule has 0 atom stereocenters. The minimum absolute atomic E-state index is 0.0845. The number of rotatable bonds is 2. The first-order valence-electron chi connectivity index (χ1n) is 5.36. The average Bonchev–Trinajstić information content (AvgIpc) is 2.33. The maximum atomic E-state index is 14.1. The Hall–Kier alpha value is -1.00. The molecular weight excluding hydrogens is 247 g/mol. The van der Waals surface area contributed by atoms with Gasteiger partial charge in [-0.2, -0.15) is 0 Å². The summed E-state index contributed by atoms with van der Waals surface area (Å²) in [6.45, 7) is 4.05. The first kappa shape index (κ1) is 12.5. The van der Waals surface area contributed by atoms with Gasteiger partial charge in [-0.1, -0.05) is 25.4 Å². The largest absolute Gasteiger partial charge is 0.486 e. The molecule has 0 spiro atoms. The molecule has 1 aromatic carbocycles. The van der Waals surface area contributed by atoms with E-state index in [1.807, 2.05) is 0 Å². The molecule has 0 bridgehead atoms.